The molecule has 0 aliphatic rings. The van der Waals surface area contributed by atoms with E-state index in [4.69, 9.17) is 4.74 Å². The fourth-order valence-corrected chi connectivity index (χ4v) is 3.83. The first-order valence-corrected chi connectivity index (χ1v) is 9.46. The summed E-state index contributed by atoms with van der Waals surface area (Å²) < 4.78 is 5.00. The Balaban J connectivity index is 1.74. The zero-order chi connectivity index (χ0) is 20.3. The van der Waals surface area contributed by atoms with Gasteiger partial charge < -0.3 is 9.84 Å². The molecule has 2 aromatic carbocycles. The van der Waals surface area contributed by atoms with Crippen molar-refractivity contribution < 1.29 is 14.6 Å². The smallest absolute Gasteiger partial charge is 0.283 e. The predicted molar refractivity (Wildman–Crippen MR) is 111 cm³/mol. The number of aromatic hydroxyl groups is 1. The summed E-state index contributed by atoms with van der Waals surface area (Å²) in [5.41, 5.74) is 7.14. The Morgan fingerprint density at radius 2 is 2.00 bits per heavy atom. The summed E-state index contributed by atoms with van der Waals surface area (Å²) in [5, 5.41) is 14.6. The number of hydrogen-bond donors (Lipinski definition) is 2. The van der Waals surface area contributed by atoms with Crippen LogP contribution in [0, 0.1) is 20.8 Å². The van der Waals surface area contributed by atoms with Crippen molar-refractivity contribution in [3.63, 3.8) is 0 Å². The average molecular weight is 395 g/mol. The van der Waals surface area contributed by atoms with Gasteiger partial charge in [-0.1, -0.05) is 23.8 Å². The van der Waals surface area contributed by atoms with E-state index in [-0.39, 0.29) is 11.7 Å². The molecule has 0 radical (unpaired) electrons. The summed E-state index contributed by atoms with van der Waals surface area (Å²) in [6.07, 6.45) is 1.46. The zero-order valence-electron chi connectivity index (χ0n) is 16.1. The minimum atomic E-state index is -0.319. The number of phenolic OH excluding ortho intramolecular Hbond substituents is 1. The van der Waals surface area contributed by atoms with Crippen molar-refractivity contribution in [2.24, 2.45) is 5.10 Å². The number of carbonyl (C=O) groups excluding carboxylic acids is 1. The van der Waals surface area contributed by atoms with Crippen molar-refractivity contribution >= 4 is 23.5 Å². The summed E-state index contributed by atoms with van der Waals surface area (Å²) in [6.45, 7) is 5.89. The van der Waals surface area contributed by atoms with Crippen LogP contribution in [0.25, 0.3) is 10.6 Å². The van der Waals surface area contributed by atoms with E-state index in [9.17, 15) is 9.90 Å². The molecule has 1 aromatic heterocycles. The van der Waals surface area contributed by atoms with E-state index in [1.807, 2.05) is 32.9 Å². The van der Waals surface area contributed by atoms with Gasteiger partial charge in [0.25, 0.3) is 5.91 Å². The van der Waals surface area contributed by atoms with Crippen molar-refractivity contribution in [1.29, 1.82) is 0 Å². The number of hydrazone groups is 1. The molecule has 1 heterocycles. The Hall–Kier alpha value is -3.19. The standard InChI is InChI=1S/C21H21N3O3S/c1-12-5-7-16(13(2)9-12)21-23-14(3)19(28-21)20(26)24-22-11-15-6-8-18(27-4)17(25)10-15/h5-11,25H,1-4H3,(H,24,26)/b22-11+. The third-order valence-electron chi connectivity index (χ3n) is 4.20. The Labute approximate surface area is 167 Å². The highest BCUT2D eigenvalue weighted by atomic mass is 32.1. The monoisotopic (exact) mass is 395 g/mol. The van der Waals surface area contributed by atoms with Gasteiger partial charge in [-0.2, -0.15) is 5.10 Å². The molecule has 0 fully saturated rings. The molecule has 0 aliphatic carbocycles. The van der Waals surface area contributed by atoms with Crippen molar-refractivity contribution in [1.82, 2.24) is 10.4 Å². The third-order valence-corrected chi connectivity index (χ3v) is 5.39. The molecule has 0 bridgehead atoms. The summed E-state index contributed by atoms with van der Waals surface area (Å²) in [7, 11) is 1.48. The van der Waals surface area contributed by atoms with Gasteiger partial charge in [0.05, 0.1) is 19.0 Å². The number of aryl methyl sites for hydroxylation is 3. The molecule has 2 N–H and O–H groups in total. The van der Waals surface area contributed by atoms with E-state index in [0.29, 0.717) is 21.9 Å². The van der Waals surface area contributed by atoms with Gasteiger partial charge in [-0.3, -0.25) is 4.79 Å². The largest absolute Gasteiger partial charge is 0.504 e. The maximum absolute atomic E-state index is 12.5. The minimum absolute atomic E-state index is 0.00851. The van der Waals surface area contributed by atoms with Crippen LogP contribution in [0.2, 0.25) is 0 Å². The molecule has 0 saturated heterocycles. The minimum Gasteiger partial charge on any atom is -0.504 e. The molecule has 0 aliphatic heterocycles. The third kappa shape index (κ3) is 4.20. The van der Waals surface area contributed by atoms with Crippen LogP contribution in [0.1, 0.15) is 32.1 Å². The number of aromatic nitrogens is 1. The molecular formula is C21H21N3O3S. The molecule has 0 saturated carbocycles. The second-order valence-electron chi connectivity index (χ2n) is 6.38. The van der Waals surface area contributed by atoms with E-state index < -0.39 is 0 Å². The van der Waals surface area contributed by atoms with Crippen LogP contribution in [0.4, 0.5) is 0 Å². The number of nitrogens with zero attached hydrogens (tertiary/aromatic N) is 2. The number of ether oxygens (including phenoxy) is 1. The van der Waals surface area contributed by atoms with Crippen LogP contribution < -0.4 is 10.2 Å². The average Bonchev–Trinajstić information content (AvgIpc) is 3.03. The van der Waals surface area contributed by atoms with E-state index >= 15 is 0 Å². The number of thiazole rings is 1. The normalized spacial score (nSPS) is 11.0. The van der Waals surface area contributed by atoms with E-state index in [1.54, 1.807) is 12.1 Å². The van der Waals surface area contributed by atoms with Crippen LogP contribution in [-0.4, -0.2) is 29.3 Å². The highest BCUT2D eigenvalue weighted by molar-refractivity contribution is 7.17. The molecule has 0 atom stereocenters. The SMILES string of the molecule is COc1ccc(/C=N/NC(=O)c2sc(-c3ccc(C)cc3C)nc2C)cc1O. The van der Waals surface area contributed by atoms with Crippen molar-refractivity contribution in [2.75, 3.05) is 7.11 Å². The van der Waals surface area contributed by atoms with Gasteiger partial charge in [-0.15, -0.1) is 11.3 Å². The second kappa shape index (κ2) is 8.22. The molecule has 3 aromatic rings. The van der Waals surface area contributed by atoms with Gasteiger partial charge in [-0.05, 0) is 50.1 Å². The maximum atomic E-state index is 12.5. The number of hydrogen-bond acceptors (Lipinski definition) is 6. The van der Waals surface area contributed by atoms with Gasteiger partial charge in [0.1, 0.15) is 9.88 Å². The lowest BCUT2D eigenvalue weighted by Gasteiger charge is -2.03. The van der Waals surface area contributed by atoms with Crippen LogP contribution in [-0.2, 0) is 0 Å². The molecule has 144 valence electrons. The summed E-state index contributed by atoms with van der Waals surface area (Å²) in [5.74, 6) is 0.0644. The molecule has 7 heteroatoms. The molecule has 28 heavy (non-hydrogen) atoms. The van der Waals surface area contributed by atoms with E-state index in [1.165, 1.54) is 36.3 Å². The first-order chi connectivity index (χ1) is 13.4. The number of amides is 1. The molecule has 3 rings (SSSR count). The van der Waals surface area contributed by atoms with Crippen LogP contribution in [0.5, 0.6) is 11.5 Å². The van der Waals surface area contributed by atoms with Crippen LogP contribution >= 0.6 is 11.3 Å². The fraction of sp³-hybridized carbons (Fsp3) is 0.190. The summed E-state index contributed by atoms with van der Waals surface area (Å²) in [4.78, 5) is 17.5. The van der Waals surface area contributed by atoms with Gasteiger partial charge in [0.15, 0.2) is 11.5 Å². The van der Waals surface area contributed by atoms with E-state index in [0.717, 1.165) is 16.1 Å². The predicted octanol–water partition coefficient (Wildman–Crippen LogP) is 4.21. The molecule has 0 spiro atoms. The molecule has 0 unspecified atom stereocenters. The first kappa shape index (κ1) is 19.6. The molecular weight excluding hydrogens is 374 g/mol. The highest BCUT2D eigenvalue weighted by Crippen LogP contribution is 2.30. The van der Waals surface area contributed by atoms with Crippen LogP contribution in [0.3, 0.4) is 0 Å². The molecule has 1 amide bonds. The Morgan fingerprint density at radius 1 is 1.21 bits per heavy atom. The number of methoxy groups -OCH3 is 1. The van der Waals surface area contributed by atoms with E-state index in [2.05, 4.69) is 21.6 Å². The number of benzene rings is 2. The van der Waals surface area contributed by atoms with Crippen molar-refractivity contribution in [3.05, 3.63) is 63.7 Å². The fourth-order valence-electron chi connectivity index (χ4n) is 2.78. The lowest BCUT2D eigenvalue weighted by Crippen LogP contribution is -2.17. The van der Waals surface area contributed by atoms with Gasteiger partial charge >= 0.3 is 0 Å². The number of carbonyl (C=O) groups is 1. The van der Waals surface area contributed by atoms with Crippen molar-refractivity contribution in [2.45, 2.75) is 20.8 Å². The summed E-state index contributed by atoms with van der Waals surface area (Å²) >= 11 is 1.34. The Morgan fingerprint density at radius 3 is 2.68 bits per heavy atom. The first-order valence-electron chi connectivity index (χ1n) is 8.64. The second-order valence-corrected chi connectivity index (χ2v) is 7.38. The zero-order valence-corrected chi connectivity index (χ0v) is 16.9. The lowest BCUT2D eigenvalue weighted by atomic mass is 10.1. The number of rotatable bonds is 5. The lowest BCUT2D eigenvalue weighted by molar-refractivity contribution is 0.0958. The molecule has 6 nitrogen and oxygen atoms in total. The van der Waals surface area contributed by atoms with Gasteiger partial charge in [-0.25, -0.2) is 10.4 Å². The highest BCUT2D eigenvalue weighted by Gasteiger charge is 2.17. The quantitative estimate of drug-likeness (QED) is 0.501. The van der Waals surface area contributed by atoms with Gasteiger partial charge in [0.2, 0.25) is 0 Å². The van der Waals surface area contributed by atoms with Gasteiger partial charge in [0, 0.05) is 5.56 Å². The van der Waals surface area contributed by atoms with Crippen LogP contribution in [0.15, 0.2) is 41.5 Å². The summed E-state index contributed by atoms with van der Waals surface area (Å²) in [6, 6.07) is 11.0. The van der Waals surface area contributed by atoms with Crippen molar-refractivity contribution in [3.8, 4) is 22.1 Å². The Bertz CT molecular complexity index is 1060. The number of nitrogens with one attached hydrogen (secondary N) is 1. The Kier molecular flexibility index (Phi) is 5.75. The maximum Gasteiger partial charge on any atom is 0.283 e. The topological polar surface area (TPSA) is 83.8 Å². The number of phenols is 1.